The summed E-state index contributed by atoms with van der Waals surface area (Å²) in [7, 11) is 0. The quantitative estimate of drug-likeness (QED) is 0.365. The van der Waals surface area contributed by atoms with Gasteiger partial charge in [-0.05, 0) is 54.4 Å². The number of anilines is 1. The number of H-pyrrole nitrogens is 1. The summed E-state index contributed by atoms with van der Waals surface area (Å²) in [5, 5.41) is 3.51. The van der Waals surface area contributed by atoms with Gasteiger partial charge in [0.1, 0.15) is 12.2 Å². The minimum Gasteiger partial charge on any atom is -0.338 e. The van der Waals surface area contributed by atoms with E-state index in [4.69, 9.17) is 11.6 Å². The summed E-state index contributed by atoms with van der Waals surface area (Å²) < 4.78 is 0. The van der Waals surface area contributed by atoms with Gasteiger partial charge in [0.15, 0.2) is 0 Å². The average molecular weight is 440 g/mol. The number of aryl methyl sites for hydroxylation is 1. The van der Waals surface area contributed by atoms with Gasteiger partial charge in [-0.1, -0.05) is 35.9 Å². The second-order valence-electron chi connectivity index (χ2n) is 7.41. The van der Waals surface area contributed by atoms with Crippen LogP contribution < -0.4 is 5.32 Å². The van der Waals surface area contributed by atoms with Gasteiger partial charge in [0, 0.05) is 34.8 Å². The van der Waals surface area contributed by atoms with E-state index in [0.717, 1.165) is 33.3 Å². The average Bonchev–Trinajstić information content (AvgIpc) is 3.25. The molecule has 32 heavy (non-hydrogen) atoms. The number of aromatic nitrogens is 4. The molecule has 0 spiro atoms. The van der Waals surface area contributed by atoms with Crippen molar-refractivity contribution in [2.45, 2.75) is 6.92 Å². The van der Waals surface area contributed by atoms with Gasteiger partial charge in [-0.25, -0.2) is 15.0 Å². The summed E-state index contributed by atoms with van der Waals surface area (Å²) in [6, 6.07) is 18.8. The molecule has 5 rings (SSSR count). The second kappa shape index (κ2) is 8.24. The molecule has 0 fully saturated rings. The van der Waals surface area contributed by atoms with Crippen molar-refractivity contribution in [1.29, 1.82) is 0 Å². The molecule has 0 aliphatic heterocycles. The van der Waals surface area contributed by atoms with E-state index in [1.807, 2.05) is 55.5 Å². The van der Waals surface area contributed by atoms with E-state index >= 15 is 0 Å². The Kier molecular flexibility index (Phi) is 5.13. The molecule has 5 aromatic rings. The van der Waals surface area contributed by atoms with Crippen LogP contribution in [-0.2, 0) is 0 Å². The molecule has 0 unspecified atom stereocenters. The molecule has 7 heteroatoms. The van der Waals surface area contributed by atoms with Gasteiger partial charge in [-0.2, -0.15) is 0 Å². The van der Waals surface area contributed by atoms with Crippen LogP contribution >= 0.6 is 11.6 Å². The number of nitrogens with one attached hydrogen (secondary N) is 2. The summed E-state index contributed by atoms with van der Waals surface area (Å²) in [5.41, 5.74) is 6.43. The number of nitrogens with zero attached hydrogens (tertiary/aromatic N) is 3. The van der Waals surface area contributed by atoms with Crippen LogP contribution in [0.3, 0.4) is 0 Å². The molecule has 2 aromatic heterocycles. The number of halogens is 1. The summed E-state index contributed by atoms with van der Waals surface area (Å²) in [4.78, 5) is 29.0. The number of para-hydroxylation sites is 2. The largest absolute Gasteiger partial charge is 0.338 e. The fraction of sp³-hybridized carbons (Fsp3) is 0.0400. The zero-order valence-corrected chi connectivity index (χ0v) is 17.9. The number of imidazole rings is 1. The lowest BCUT2D eigenvalue weighted by molar-refractivity contribution is 0.102. The topological polar surface area (TPSA) is 83.6 Å². The minimum absolute atomic E-state index is 0.198. The number of fused-ring (bicyclic) bond motifs is 1. The van der Waals surface area contributed by atoms with Gasteiger partial charge in [-0.3, -0.25) is 4.79 Å². The molecule has 3 aromatic carbocycles. The third-order valence-corrected chi connectivity index (χ3v) is 5.56. The Morgan fingerprint density at radius 2 is 1.78 bits per heavy atom. The van der Waals surface area contributed by atoms with Gasteiger partial charge < -0.3 is 10.3 Å². The molecule has 1 amide bonds. The van der Waals surface area contributed by atoms with Crippen molar-refractivity contribution in [3.8, 4) is 22.5 Å². The molecule has 2 heterocycles. The molecule has 0 aliphatic carbocycles. The Balaban J connectivity index is 1.42. The summed E-state index contributed by atoms with van der Waals surface area (Å²) in [6.07, 6.45) is 4.98. The van der Waals surface area contributed by atoms with Crippen LogP contribution in [0, 0.1) is 6.92 Å². The molecule has 0 radical (unpaired) electrons. The first-order chi connectivity index (χ1) is 15.6. The van der Waals surface area contributed by atoms with Gasteiger partial charge in [0.05, 0.1) is 16.1 Å². The van der Waals surface area contributed by atoms with Gasteiger partial charge in [0.2, 0.25) is 0 Å². The Morgan fingerprint density at radius 1 is 0.969 bits per heavy atom. The number of aromatic amines is 1. The van der Waals surface area contributed by atoms with Gasteiger partial charge >= 0.3 is 0 Å². The van der Waals surface area contributed by atoms with Crippen molar-refractivity contribution in [1.82, 2.24) is 19.9 Å². The maximum absolute atomic E-state index is 13.0. The molecule has 2 N–H and O–H groups in total. The summed E-state index contributed by atoms with van der Waals surface area (Å²) in [6.45, 7) is 1.91. The van der Waals surface area contributed by atoms with E-state index in [9.17, 15) is 4.79 Å². The molecule has 0 saturated heterocycles. The van der Waals surface area contributed by atoms with E-state index in [1.54, 1.807) is 24.5 Å². The number of hydrogen-bond donors (Lipinski definition) is 2. The van der Waals surface area contributed by atoms with Gasteiger partial charge in [-0.15, -0.1) is 0 Å². The van der Waals surface area contributed by atoms with Crippen molar-refractivity contribution in [3.05, 3.63) is 95.5 Å². The SMILES string of the molecule is Cc1cc(-c2cncnc2)ccc1C(=O)Nc1ccc(Cl)c(-c2nc3ccccc3[nH]2)c1. The Labute approximate surface area is 189 Å². The van der Waals surface area contributed by atoms with Crippen LogP contribution in [0.1, 0.15) is 15.9 Å². The highest BCUT2D eigenvalue weighted by Crippen LogP contribution is 2.30. The van der Waals surface area contributed by atoms with Crippen LogP contribution in [-0.4, -0.2) is 25.8 Å². The van der Waals surface area contributed by atoms with E-state index in [2.05, 4.69) is 25.3 Å². The fourth-order valence-electron chi connectivity index (χ4n) is 3.61. The molecule has 6 nitrogen and oxygen atoms in total. The number of rotatable bonds is 4. The molecule has 0 bridgehead atoms. The number of amides is 1. The molecule has 0 aliphatic rings. The predicted molar refractivity (Wildman–Crippen MR) is 127 cm³/mol. The van der Waals surface area contributed by atoms with Crippen LogP contribution in [0.4, 0.5) is 5.69 Å². The third kappa shape index (κ3) is 3.84. The lowest BCUT2D eigenvalue weighted by atomic mass is 10.0. The maximum Gasteiger partial charge on any atom is 0.255 e. The van der Waals surface area contributed by atoms with Crippen molar-refractivity contribution >= 4 is 34.2 Å². The first-order valence-corrected chi connectivity index (χ1v) is 10.4. The van der Waals surface area contributed by atoms with Gasteiger partial charge in [0.25, 0.3) is 5.91 Å². The number of carbonyl (C=O) groups excluding carboxylic acids is 1. The highest BCUT2D eigenvalue weighted by atomic mass is 35.5. The summed E-state index contributed by atoms with van der Waals surface area (Å²) in [5.74, 6) is 0.453. The van der Waals surface area contributed by atoms with Crippen molar-refractivity contribution in [2.24, 2.45) is 0 Å². The normalized spacial score (nSPS) is 10.9. The Morgan fingerprint density at radius 3 is 2.56 bits per heavy atom. The smallest absolute Gasteiger partial charge is 0.255 e. The van der Waals surface area contributed by atoms with Crippen LogP contribution in [0.15, 0.2) is 79.4 Å². The van der Waals surface area contributed by atoms with Crippen molar-refractivity contribution < 1.29 is 4.79 Å². The van der Waals surface area contributed by atoms with E-state index in [0.29, 0.717) is 22.1 Å². The van der Waals surface area contributed by atoms with Crippen LogP contribution in [0.2, 0.25) is 5.02 Å². The predicted octanol–water partition coefficient (Wildman–Crippen LogP) is 5.90. The Bertz CT molecular complexity index is 1410. The van der Waals surface area contributed by atoms with Crippen molar-refractivity contribution in [2.75, 3.05) is 5.32 Å². The first-order valence-electron chi connectivity index (χ1n) is 10.0. The monoisotopic (exact) mass is 439 g/mol. The lowest BCUT2D eigenvalue weighted by Crippen LogP contribution is -2.13. The standard InChI is InChI=1S/C25H18ClN5O/c1-15-10-16(17-12-27-14-28-13-17)6-8-19(15)25(32)29-18-7-9-21(26)20(11-18)24-30-22-4-2-3-5-23(22)31-24/h2-14H,1H3,(H,29,32)(H,30,31). The van der Waals surface area contributed by atoms with E-state index < -0.39 is 0 Å². The maximum atomic E-state index is 13.0. The zero-order chi connectivity index (χ0) is 22.1. The highest BCUT2D eigenvalue weighted by molar-refractivity contribution is 6.33. The number of carbonyl (C=O) groups is 1. The first kappa shape index (κ1) is 19.9. The number of hydrogen-bond acceptors (Lipinski definition) is 4. The minimum atomic E-state index is -0.198. The molecule has 156 valence electrons. The van der Waals surface area contributed by atoms with E-state index in [1.165, 1.54) is 6.33 Å². The summed E-state index contributed by atoms with van der Waals surface area (Å²) >= 11 is 6.43. The van der Waals surface area contributed by atoms with Crippen LogP contribution in [0.5, 0.6) is 0 Å². The van der Waals surface area contributed by atoms with Crippen LogP contribution in [0.25, 0.3) is 33.5 Å². The molecule has 0 atom stereocenters. The second-order valence-corrected chi connectivity index (χ2v) is 7.82. The highest BCUT2D eigenvalue weighted by Gasteiger charge is 2.14. The third-order valence-electron chi connectivity index (χ3n) is 5.23. The Hall–Kier alpha value is -4.03. The lowest BCUT2D eigenvalue weighted by Gasteiger charge is -2.11. The number of benzene rings is 3. The fourth-order valence-corrected chi connectivity index (χ4v) is 3.82. The molecular weight excluding hydrogens is 422 g/mol. The zero-order valence-electron chi connectivity index (χ0n) is 17.1. The molecular formula is C25H18ClN5O. The van der Waals surface area contributed by atoms with Crippen molar-refractivity contribution in [3.63, 3.8) is 0 Å². The van der Waals surface area contributed by atoms with E-state index in [-0.39, 0.29) is 5.91 Å². The molecule has 0 saturated carbocycles.